The van der Waals surface area contributed by atoms with E-state index in [-0.39, 0.29) is 12.5 Å². The second-order valence-electron chi connectivity index (χ2n) is 6.76. The largest absolute Gasteiger partial charge is 0.484 e. The van der Waals surface area contributed by atoms with Crippen molar-refractivity contribution in [3.63, 3.8) is 0 Å². The summed E-state index contributed by atoms with van der Waals surface area (Å²) < 4.78 is 5.66. The zero-order valence-corrected chi connectivity index (χ0v) is 16.2. The molecule has 2 aromatic carbocycles. The van der Waals surface area contributed by atoms with Crippen molar-refractivity contribution in [2.24, 2.45) is 0 Å². The molecule has 1 aliphatic rings. The van der Waals surface area contributed by atoms with E-state index in [0.717, 1.165) is 30.1 Å². The number of thioether (sulfide) groups is 1. The number of aryl methyl sites for hydroxylation is 3. The van der Waals surface area contributed by atoms with Gasteiger partial charge in [0.15, 0.2) is 6.61 Å². The molecule has 138 valence electrons. The monoisotopic (exact) mass is 369 g/mol. The number of rotatable bonds is 8. The zero-order chi connectivity index (χ0) is 18.2. The number of fused-ring (bicyclic) bond motifs is 1. The fourth-order valence-electron chi connectivity index (χ4n) is 3.22. The van der Waals surface area contributed by atoms with Crippen LogP contribution in [0.25, 0.3) is 0 Å². The predicted molar refractivity (Wildman–Crippen MR) is 109 cm³/mol. The van der Waals surface area contributed by atoms with Crippen LogP contribution in [0.1, 0.15) is 35.1 Å². The van der Waals surface area contributed by atoms with E-state index in [9.17, 15) is 4.79 Å². The molecule has 0 bridgehead atoms. The van der Waals surface area contributed by atoms with Gasteiger partial charge in [-0.25, -0.2) is 0 Å². The van der Waals surface area contributed by atoms with Crippen LogP contribution in [0.2, 0.25) is 0 Å². The minimum absolute atomic E-state index is 0.0563. The Kier molecular flexibility index (Phi) is 7.01. The molecule has 2 aromatic rings. The number of hydrogen-bond donors (Lipinski definition) is 1. The van der Waals surface area contributed by atoms with E-state index >= 15 is 0 Å². The van der Waals surface area contributed by atoms with E-state index in [1.54, 1.807) is 0 Å². The van der Waals surface area contributed by atoms with Crippen LogP contribution in [-0.2, 0) is 23.4 Å². The topological polar surface area (TPSA) is 38.3 Å². The van der Waals surface area contributed by atoms with E-state index in [2.05, 4.69) is 48.6 Å². The third-order valence-electron chi connectivity index (χ3n) is 4.78. The van der Waals surface area contributed by atoms with Gasteiger partial charge in [-0.15, -0.1) is 0 Å². The first-order chi connectivity index (χ1) is 12.7. The van der Waals surface area contributed by atoms with Crippen LogP contribution in [0, 0.1) is 6.92 Å². The van der Waals surface area contributed by atoms with Crippen LogP contribution < -0.4 is 10.1 Å². The summed E-state index contributed by atoms with van der Waals surface area (Å²) in [6.07, 6.45) is 4.81. The molecule has 0 fully saturated rings. The van der Waals surface area contributed by atoms with Gasteiger partial charge in [0, 0.05) is 18.1 Å². The van der Waals surface area contributed by atoms with E-state index < -0.39 is 0 Å². The molecule has 26 heavy (non-hydrogen) atoms. The van der Waals surface area contributed by atoms with Crippen molar-refractivity contribution in [2.45, 2.75) is 38.4 Å². The number of amides is 1. The van der Waals surface area contributed by atoms with Crippen LogP contribution in [0.5, 0.6) is 5.75 Å². The molecule has 0 saturated heterocycles. The van der Waals surface area contributed by atoms with Crippen molar-refractivity contribution in [1.82, 2.24) is 5.32 Å². The maximum absolute atomic E-state index is 11.9. The van der Waals surface area contributed by atoms with Crippen molar-refractivity contribution in [1.29, 1.82) is 0 Å². The summed E-state index contributed by atoms with van der Waals surface area (Å²) in [4.78, 5) is 11.9. The first kappa shape index (κ1) is 18.8. The molecule has 1 amide bonds. The Morgan fingerprint density at radius 3 is 2.77 bits per heavy atom. The third-order valence-corrected chi connectivity index (χ3v) is 5.79. The molecule has 3 rings (SSSR count). The zero-order valence-electron chi connectivity index (χ0n) is 15.4. The number of carbonyl (C=O) groups is 1. The number of nitrogens with one attached hydrogen (secondary N) is 1. The second kappa shape index (κ2) is 9.67. The Labute approximate surface area is 160 Å². The molecule has 3 nitrogen and oxygen atoms in total. The molecular weight excluding hydrogens is 342 g/mol. The lowest BCUT2D eigenvalue weighted by Crippen LogP contribution is -2.30. The molecule has 4 heteroatoms. The molecule has 0 unspecified atom stereocenters. The van der Waals surface area contributed by atoms with E-state index in [1.807, 2.05) is 17.8 Å². The van der Waals surface area contributed by atoms with Gasteiger partial charge in [0.1, 0.15) is 5.75 Å². The Hall–Kier alpha value is -1.94. The molecule has 1 N–H and O–H groups in total. The van der Waals surface area contributed by atoms with Crippen molar-refractivity contribution in [3.05, 3.63) is 64.7 Å². The van der Waals surface area contributed by atoms with Crippen LogP contribution in [0.4, 0.5) is 0 Å². The van der Waals surface area contributed by atoms with Crippen molar-refractivity contribution < 1.29 is 9.53 Å². The Morgan fingerprint density at radius 1 is 1.12 bits per heavy atom. The molecule has 0 saturated carbocycles. The van der Waals surface area contributed by atoms with Crippen LogP contribution in [-0.4, -0.2) is 24.8 Å². The van der Waals surface area contributed by atoms with Crippen molar-refractivity contribution in [3.8, 4) is 5.75 Å². The summed E-state index contributed by atoms with van der Waals surface area (Å²) in [5.41, 5.74) is 5.49. The van der Waals surface area contributed by atoms with Crippen molar-refractivity contribution >= 4 is 17.7 Å². The second-order valence-corrected chi connectivity index (χ2v) is 7.86. The molecule has 1 aliphatic carbocycles. The highest BCUT2D eigenvalue weighted by atomic mass is 32.2. The summed E-state index contributed by atoms with van der Waals surface area (Å²) in [6.45, 7) is 2.89. The summed E-state index contributed by atoms with van der Waals surface area (Å²) in [6, 6.07) is 14.7. The fourth-order valence-corrected chi connectivity index (χ4v) is 4.15. The molecule has 0 heterocycles. The van der Waals surface area contributed by atoms with Crippen LogP contribution in [0.3, 0.4) is 0 Å². The molecule has 0 aliphatic heterocycles. The summed E-state index contributed by atoms with van der Waals surface area (Å²) in [7, 11) is 0. The number of ether oxygens (including phenoxy) is 1. The van der Waals surface area contributed by atoms with Gasteiger partial charge in [-0.1, -0.05) is 30.3 Å². The molecule has 0 atom stereocenters. The highest BCUT2D eigenvalue weighted by Crippen LogP contribution is 2.25. The van der Waals surface area contributed by atoms with Gasteiger partial charge in [0.25, 0.3) is 5.91 Å². The third kappa shape index (κ3) is 5.53. The van der Waals surface area contributed by atoms with E-state index in [1.165, 1.54) is 35.1 Å². The summed E-state index contributed by atoms with van der Waals surface area (Å²) in [5.74, 6) is 2.63. The first-order valence-corrected chi connectivity index (χ1v) is 10.5. The maximum atomic E-state index is 11.9. The van der Waals surface area contributed by atoms with Gasteiger partial charge < -0.3 is 10.1 Å². The van der Waals surface area contributed by atoms with Crippen molar-refractivity contribution in [2.75, 3.05) is 18.9 Å². The van der Waals surface area contributed by atoms with Gasteiger partial charge in [-0.05, 0) is 67.0 Å². The number of benzene rings is 2. The predicted octanol–water partition coefficient (Wildman–Crippen LogP) is 4.30. The Balaban J connectivity index is 1.32. The van der Waals surface area contributed by atoms with Gasteiger partial charge in [-0.3, -0.25) is 4.79 Å². The van der Waals surface area contributed by atoms with Gasteiger partial charge >= 0.3 is 0 Å². The Bertz CT molecular complexity index is 745. The van der Waals surface area contributed by atoms with Crippen LogP contribution in [0.15, 0.2) is 42.5 Å². The normalized spacial score (nSPS) is 13.1. The minimum atomic E-state index is -0.0563. The summed E-state index contributed by atoms with van der Waals surface area (Å²) in [5, 5.41) is 2.93. The molecule has 0 spiro atoms. The lowest BCUT2D eigenvalue weighted by Gasteiger charge is -2.16. The lowest BCUT2D eigenvalue weighted by molar-refractivity contribution is -0.122. The first-order valence-electron chi connectivity index (χ1n) is 9.36. The highest BCUT2D eigenvalue weighted by molar-refractivity contribution is 7.98. The standard InChI is InChI=1S/C22H27NO2S/c1-17-6-2-3-9-20(17)16-26-13-12-23-22(24)15-25-21-11-10-18-7-4-5-8-19(18)14-21/h2-3,6,9-11,14H,4-5,7-8,12-13,15-16H2,1H3,(H,23,24). The smallest absolute Gasteiger partial charge is 0.257 e. The number of hydrogen-bond acceptors (Lipinski definition) is 3. The van der Waals surface area contributed by atoms with E-state index in [0.29, 0.717) is 6.54 Å². The highest BCUT2D eigenvalue weighted by Gasteiger charge is 2.10. The van der Waals surface area contributed by atoms with Gasteiger partial charge in [0.2, 0.25) is 0 Å². The summed E-state index contributed by atoms with van der Waals surface area (Å²) >= 11 is 1.84. The lowest BCUT2D eigenvalue weighted by atomic mass is 9.92. The molecule has 0 aromatic heterocycles. The Morgan fingerprint density at radius 2 is 1.92 bits per heavy atom. The minimum Gasteiger partial charge on any atom is -0.484 e. The fraction of sp³-hybridized carbons (Fsp3) is 0.409. The number of carbonyl (C=O) groups excluding carboxylic acids is 1. The van der Waals surface area contributed by atoms with Gasteiger partial charge in [-0.2, -0.15) is 11.8 Å². The SMILES string of the molecule is Cc1ccccc1CSCCNC(=O)COc1ccc2c(c1)CCCC2. The molecule has 0 radical (unpaired) electrons. The average molecular weight is 370 g/mol. The van der Waals surface area contributed by atoms with E-state index in [4.69, 9.17) is 4.74 Å². The molecular formula is C22H27NO2S. The average Bonchev–Trinajstić information content (AvgIpc) is 2.67. The van der Waals surface area contributed by atoms with Crippen LogP contribution >= 0.6 is 11.8 Å². The van der Waals surface area contributed by atoms with Gasteiger partial charge in [0.05, 0.1) is 0 Å². The maximum Gasteiger partial charge on any atom is 0.257 e. The quantitative estimate of drug-likeness (QED) is 0.705.